The number of sulfonamides is 1. The molecule has 2 aromatic rings. The summed E-state index contributed by atoms with van der Waals surface area (Å²) < 4.78 is 36.4. The van der Waals surface area contributed by atoms with E-state index in [-0.39, 0.29) is 24.1 Å². The molecule has 150 valence electrons. The summed E-state index contributed by atoms with van der Waals surface area (Å²) in [7, 11) is -3.36. The van der Waals surface area contributed by atoms with E-state index in [0.717, 1.165) is 12.8 Å². The number of aryl methyl sites for hydroxylation is 1. The van der Waals surface area contributed by atoms with Gasteiger partial charge in [-0.3, -0.25) is 4.79 Å². The van der Waals surface area contributed by atoms with Crippen LogP contribution in [0.3, 0.4) is 0 Å². The van der Waals surface area contributed by atoms with Gasteiger partial charge in [-0.1, -0.05) is 5.16 Å². The molecule has 1 saturated carbocycles. The largest absolute Gasteiger partial charge is 0.448 e. The fourth-order valence-corrected chi connectivity index (χ4v) is 5.13. The maximum atomic E-state index is 12.6. The predicted octanol–water partition coefficient (Wildman–Crippen LogP) is 0.745. The van der Waals surface area contributed by atoms with Crippen molar-refractivity contribution in [1.82, 2.24) is 24.3 Å². The lowest BCUT2D eigenvalue weighted by molar-refractivity contribution is 0.000879. The number of nitrogens with zero attached hydrogens (tertiary/aromatic N) is 5. The topological polar surface area (TPSA) is 123 Å². The third kappa shape index (κ3) is 2.84. The number of carbonyl (C=O) groups is 1. The second-order valence-electron chi connectivity index (χ2n) is 8.15. The molecule has 1 spiro atoms. The van der Waals surface area contributed by atoms with Crippen molar-refractivity contribution in [3.63, 3.8) is 0 Å². The van der Waals surface area contributed by atoms with E-state index in [1.54, 1.807) is 11.8 Å². The summed E-state index contributed by atoms with van der Waals surface area (Å²) in [4.78, 5) is 22.9. The highest BCUT2D eigenvalue weighted by Gasteiger charge is 2.59. The molecule has 1 atom stereocenters. The van der Waals surface area contributed by atoms with Gasteiger partial charge in [-0.05, 0) is 12.8 Å². The highest BCUT2D eigenvalue weighted by Crippen LogP contribution is 2.50. The van der Waals surface area contributed by atoms with Crippen molar-refractivity contribution in [1.29, 1.82) is 0 Å². The van der Waals surface area contributed by atoms with Crippen LogP contribution in [0.5, 0.6) is 0 Å². The highest BCUT2D eigenvalue weighted by molar-refractivity contribution is 7.88. The molecule has 0 N–H and O–H groups in total. The fourth-order valence-electron chi connectivity index (χ4n) is 4.21. The fraction of sp³-hybridized carbons (Fsp3) is 0.647. The Kier molecular flexibility index (Phi) is 3.73. The molecule has 0 radical (unpaired) electrons. The van der Waals surface area contributed by atoms with Gasteiger partial charge in [-0.25, -0.2) is 17.7 Å². The Morgan fingerprint density at radius 2 is 2.00 bits per heavy atom. The van der Waals surface area contributed by atoms with Crippen LogP contribution in [-0.2, 0) is 10.0 Å². The smallest absolute Gasteiger partial charge is 0.275 e. The Hall–Kier alpha value is -2.27. The second kappa shape index (κ2) is 5.86. The Labute approximate surface area is 161 Å². The predicted molar refractivity (Wildman–Crippen MR) is 95.0 cm³/mol. The lowest BCUT2D eigenvalue weighted by atomic mass is 9.71. The van der Waals surface area contributed by atoms with Gasteiger partial charge >= 0.3 is 0 Å². The normalized spacial score (nSPS) is 24.6. The molecule has 2 saturated heterocycles. The van der Waals surface area contributed by atoms with Crippen molar-refractivity contribution in [2.75, 3.05) is 32.4 Å². The number of amides is 1. The van der Waals surface area contributed by atoms with Crippen molar-refractivity contribution in [2.24, 2.45) is 5.41 Å². The molecule has 2 aromatic heterocycles. The van der Waals surface area contributed by atoms with E-state index in [1.807, 2.05) is 0 Å². The van der Waals surface area contributed by atoms with Crippen LogP contribution in [0, 0.1) is 12.3 Å². The molecule has 2 aliphatic heterocycles. The van der Waals surface area contributed by atoms with Crippen LogP contribution in [-0.4, -0.2) is 71.1 Å². The summed E-state index contributed by atoms with van der Waals surface area (Å²) in [5.74, 6) is 1.51. The van der Waals surface area contributed by atoms with Gasteiger partial charge in [-0.15, -0.1) is 0 Å². The third-order valence-corrected chi connectivity index (χ3v) is 7.14. The minimum Gasteiger partial charge on any atom is -0.448 e. The monoisotopic (exact) mass is 407 g/mol. The minimum atomic E-state index is -3.36. The number of oxazole rings is 1. The van der Waals surface area contributed by atoms with Crippen LogP contribution >= 0.6 is 0 Å². The zero-order valence-corrected chi connectivity index (χ0v) is 16.5. The summed E-state index contributed by atoms with van der Waals surface area (Å²) in [5.41, 5.74) is -0.166. The number of hydrogen-bond donors (Lipinski definition) is 0. The Morgan fingerprint density at radius 1 is 1.25 bits per heavy atom. The van der Waals surface area contributed by atoms with Crippen molar-refractivity contribution < 1.29 is 22.2 Å². The van der Waals surface area contributed by atoms with Crippen LogP contribution in [0.1, 0.15) is 52.8 Å². The molecule has 10 nitrogen and oxygen atoms in total. The van der Waals surface area contributed by atoms with E-state index in [0.29, 0.717) is 43.2 Å². The lowest BCUT2D eigenvalue weighted by Crippen LogP contribution is -2.61. The second-order valence-corrected chi connectivity index (χ2v) is 10.1. The zero-order valence-electron chi connectivity index (χ0n) is 15.7. The number of rotatable bonds is 4. The summed E-state index contributed by atoms with van der Waals surface area (Å²) in [5, 5.41) is 4.08. The van der Waals surface area contributed by atoms with Gasteiger partial charge in [0.2, 0.25) is 15.9 Å². The number of aromatic nitrogens is 3. The molecule has 0 bridgehead atoms. The zero-order chi connectivity index (χ0) is 19.7. The first kappa shape index (κ1) is 17.8. The van der Waals surface area contributed by atoms with Gasteiger partial charge in [-0.2, -0.15) is 4.98 Å². The Morgan fingerprint density at radius 3 is 2.61 bits per heavy atom. The van der Waals surface area contributed by atoms with Gasteiger partial charge in [0, 0.05) is 44.4 Å². The molecular formula is C17H21N5O5S. The van der Waals surface area contributed by atoms with Crippen LogP contribution in [0.4, 0.5) is 0 Å². The van der Waals surface area contributed by atoms with E-state index in [1.165, 1.54) is 16.8 Å². The van der Waals surface area contributed by atoms with Crippen LogP contribution < -0.4 is 0 Å². The molecule has 5 rings (SSSR count). The van der Waals surface area contributed by atoms with Crippen LogP contribution in [0.2, 0.25) is 0 Å². The maximum Gasteiger partial charge on any atom is 0.275 e. The molecule has 3 fully saturated rings. The maximum absolute atomic E-state index is 12.6. The summed E-state index contributed by atoms with van der Waals surface area (Å²) in [6, 6.07) is 0. The molecule has 0 aromatic carbocycles. The molecular weight excluding hydrogens is 386 g/mol. The number of likely N-dealkylation sites (tertiary alicyclic amines) is 1. The van der Waals surface area contributed by atoms with Crippen molar-refractivity contribution in [2.45, 2.75) is 31.6 Å². The molecule has 1 unspecified atom stereocenters. The Bertz CT molecular complexity index is 1030. The van der Waals surface area contributed by atoms with E-state index in [9.17, 15) is 13.2 Å². The molecule has 4 heterocycles. The van der Waals surface area contributed by atoms with E-state index >= 15 is 0 Å². The van der Waals surface area contributed by atoms with Gasteiger partial charge < -0.3 is 13.8 Å². The summed E-state index contributed by atoms with van der Waals surface area (Å²) in [6.07, 6.45) is 4.66. The van der Waals surface area contributed by atoms with E-state index < -0.39 is 15.4 Å². The first-order valence-corrected chi connectivity index (χ1v) is 11.1. The average molecular weight is 407 g/mol. The lowest BCUT2D eigenvalue weighted by Gasteiger charge is -2.49. The standard InChI is InChI=1S/C17H21N5O5S/c1-10-18-13(6-26-10)16(23)21-7-17(8-21)9-22(28(2,24)25)5-12(17)15-19-14(20-27-15)11-3-4-11/h6,11-12H,3-5,7-9H2,1-2H3. The SMILES string of the molecule is Cc1nc(C(=O)N2CC3(C2)CN(S(C)(=O)=O)CC3c2nc(C3CC3)no2)co1. The molecule has 3 aliphatic rings. The first-order chi connectivity index (χ1) is 13.2. The van der Waals surface area contributed by atoms with Crippen LogP contribution in [0.25, 0.3) is 0 Å². The van der Waals surface area contributed by atoms with Crippen molar-refractivity contribution in [3.8, 4) is 0 Å². The van der Waals surface area contributed by atoms with E-state index in [4.69, 9.17) is 8.94 Å². The Balaban J connectivity index is 1.40. The van der Waals surface area contributed by atoms with Crippen molar-refractivity contribution >= 4 is 15.9 Å². The van der Waals surface area contributed by atoms with Crippen molar-refractivity contribution in [3.05, 3.63) is 29.6 Å². The molecule has 28 heavy (non-hydrogen) atoms. The summed E-state index contributed by atoms with van der Waals surface area (Å²) >= 11 is 0. The van der Waals surface area contributed by atoms with Gasteiger partial charge in [0.15, 0.2) is 17.4 Å². The minimum absolute atomic E-state index is 0.219. The number of hydrogen-bond acceptors (Lipinski definition) is 8. The average Bonchev–Trinajstić information content (AvgIpc) is 3.03. The quantitative estimate of drug-likeness (QED) is 0.727. The number of carbonyl (C=O) groups excluding carboxylic acids is 1. The molecule has 1 aliphatic carbocycles. The van der Waals surface area contributed by atoms with Gasteiger partial charge in [0.05, 0.1) is 12.2 Å². The molecule has 11 heteroatoms. The molecule has 1 amide bonds. The first-order valence-electron chi connectivity index (χ1n) is 9.25. The van der Waals surface area contributed by atoms with Gasteiger partial charge in [0.25, 0.3) is 5.91 Å². The van der Waals surface area contributed by atoms with Gasteiger partial charge in [0.1, 0.15) is 6.26 Å². The van der Waals surface area contributed by atoms with Crippen LogP contribution in [0.15, 0.2) is 15.2 Å². The summed E-state index contributed by atoms with van der Waals surface area (Å²) in [6.45, 7) is 3.12. The highest BCUT2D eigenvalue weighted by atomic mass is 32.2. The van der Waals surface area contributed by atoms with E-state index in [2.05, 4.69) is 15.1 Å². The third-order valence-electron chi connectivity index (χ3n) is 5.92.